The van der Waals surface area contributed by atoms with E-state index >= 15 is 0 Å². The molecule has 108 valence electrons. The molecule has 0 unspecified atom stereocenters. The van der Waals surface area contributed by atoms with Crippen LogP contribution in [0.3, 0.4) is 0 Å². The molecule has 5 atom stereocenters. The summed E-state index contributed by atoms with van der Waals surface area (Å²) < 4.78 is 0. The van der Waals surface area contributed by atoms with Gasteiger partial charge in [-0.15, -0.1) is 0 Å². The Balaban J connectivity index is 1.55. The largest absolute Gasteiger partial charge is 0.271 e. The van der Waals surface area contributed by atoms with E-state index < -0.39 is 0 Å². The van der Waals surface area contributed by atoms with E-state index in [1.54, 1.807) is 17.0 Å². The third-order valence-electron chi connectivity index (χ3n) is 6.38. The fraction of sp³-hybridized carbons (Fsp3) is 0.556. The van der Waals surface area contributed by atoms with Gasteiger partial charge in [0.1, 0.15) is 0 Å². The summed E-state index contributed by atoms with van der Waals surface area (Å²) in [7, 11) is 0. The van der Waals surface area contributed by atoms with Gasteiger partial charge in [-0.3, -0.25) is 14.5 Å². The lowest BCUT2D eigenvalue weighted by molar-refractivity contribution is 0.0349. The number of amides is 2. The Morgan fingerprint density at radius 3 is 2.10 bits per heavy atom. The van der Waals surface area contributed by atoms with Crippen LogP contribution in [0.4, 0.5) is 0 Å². The summed E-state index contributed by atoms with van der Waals surface area (Å²) in [5, 5.41) is 0. The maximum atomic E-state index is 12.7. The van der Waals surface area contributed by atoms with E-state index in [2.05, 4.69) is 0 Å². The highest BCUT2D eigenvalue weighted by molar-refractivity contribution is 6.21. The Hall–Kier alpha value is -1.64. The smallest absolute Gasteiger partial charge is 0.261 e. The third-order valence-corrected chi connectivity index (χ3v) is 6.38. The number of hydrogen-bond donors (Lipinski definition) is 0. The van der Waals surface area contributed by atoms with E-state index in [4.69, 9.17) is 0 Å². The summed E-state index contributed by atoms with van der Waals surface area (Å²) in [6.45, 7) is 0. The van der Waals surface area contributed by atoms with Gasteiger partial charge in [0.2, 0.25) is 0 Å². The molecule has 1 aromatic rings. The van der Waals surface area contributed by atoms with Crippen molar-refractivity contribution >= 4 is 11.8 Å². The van der Waals surface area contributed by atoms with Gasteiger partial charge >= 0.3 is 0 Å². The van der Waals surface area contributed by atoms with Crippen LogP contribution in [-0.4, -0.2) is 22.8 Å². The lowest BCUT2D eigenvalue weighted by Crippen LogP contribution is -2.48. The van der Waals surface area contributed by atoms with E-state index in [1.165, 1.54) is 25.7 Å². The molecule has 1 aliphatic heterocycles. The minimum absolute atomic E-state index is 0.0506. The summed E-state index contributed by atoms with van der Waals surface area (Å²) in [5.74, 6) is 2.82. The van der Waals surface area contributed by atoms with Gasteiger partial charge in [-0.1, -0.05) is 12.1 Å². The second-order valence-corrected chi connectivity index (χ2v) is 7.43. The SMILES string of the molecule is O=C1c2ccccc2C(=O)N1[C@@H]1C[C@@H]2C[C@H]3C[C@@H](C2)[C@@H]1C3. The number of hydrogen-bond acceptors (Lipinski definition) is 2. The topological polar surface area (TPSA) is 37.4 Å². The van der Waals surface area contributed by atoms with E-state index in [0.29, 0.717) is 17.0 Å². The van der Waals surface area contributed by atoms with Crippen LogP contribution in [0.25, 0.3) is 0 Å². The molecule has 3 fully saturated rings. The molecule has 1 aromatic carbocycles. The van der Waals surface area contributed by atoms with Crippen molar-refractivity contribution < 1.29 is 9.59 Å². The van der Waals surface area contributed by atoms with Crippen molar-refractivity contribution in [3.05, 3.63) is 35.4 Å². The van der Waals surface area contributed by atoms with Crippen LogP contribution in [0.5, 0.6) is 0 Å². The minimum Gasteiger partial charge on any atom is -0.271 e. The molecule has 0 saturated heterocycles. The molecule has 2 amide bonds. The highest BCUT2D eigenvalue weighted by atomic mass is 16.2. The molecule has 3 saturated carbocycles. The second-order valence-electron chi connectivity index (χ2n) is 7.43. The zero-order valence-corrected chi connectivity index (χ0v) is 12.0. The summed E-state index contributed by atoms with van der Waals surface area (Å²) in [6, 6.07) is 7.45. The minimum atomic E-state index is -0.0506. The maximum Gasteiger partial charge on any atom is 0.261 e. The number of carbonyl (C=O) groups is 2. The standard InChI is InChI=1S/C18H19NO2/c20-17-13-3-1-2-4-14(13)18(21)19(17)16-9-11-5-10-6-12(7-11)15(16)8-10/h1-4,10-12,15-16H,5-9H2/t10-,11+,12-,15-,16+/m0/s1. The molecule has 3 nitrogen and oxygen atoms in total. The Labute approximate surface area is 124 Å². The number of rotatable bonds is 1. The fourth-order valence-corrected chi connectivity index (χ4v) is 5.72. The van der Waals surface area contributed by atoms with Gasteiger partial charge in [0.15, 0.2) is 0 Å². The molecule has 4 aliphatic rings. The number of fused-ring (bicyclic) bond motifs is 3. The van der Waals surface area contributed by atoms with Crippen molar-refractivity contribution in [2.24, 2.45) is 23.7 Å². The second kappa shape index (κ2) is 3.96. The molecule has 0 radical (unpaired) electrons. The van der Waals surface area contributed by atoms with Crippen molar-refractivity contribution in [3.8, 4) is 0 Å². The highest BCUT2D eigenvalue weighted by Crippen LogP contribution is 2.56. The van der Waals surface area contributed by atoms with E-state index in [9.17, 15) is 9.59 Å². The fourth-order valence-electron chi connectivity index (χ4n) is 5.72. The molecule has 3 heteroatoms. The summed E-state index contributed by atoms with van der Waals surface area (Å²) in [6.07, 6.45) is 6.27. The molecule has 3 bridgehead atoms. The number of imide groups is 1. The summed E-state index contributed by atoms with van der Waals surface area (Å²) in [5.41, 5.74) is 1.21. The summed E-state index contributed by atoms with van der Waals surface area (Å²) in [4.78, 5) is 27.1. The molecule has 0 aromatic heterocycles. The van der Waals surface area contributed by atoms with Crippen LogP contribution in [0.1, 0.15) is 52.8 Å². The van der Waals surface area contributed by atoms with Crippen LogP contribution < -0.4 is 0 Å². The van der Waals surface area contributed by atoms with Gasteiger partial charge in [-0.2, -0.15) is 0 Å². The van der Waals surface area contributed by atoms with Crippen LogP contribution in [-0.2, 0) is 0 Å². The molecule has 0 spiro atoms. The predicted molar refractivity (Wildman–Crippen MR) is 77.8 cm³/mol. The van der Waals surface area contributed by atoms with Gasteiger partial charge in [0.05, 0.1) is 11.1 Å². The monoisotopic (exact) mass is 281 g/mol. The first-order valence-corrected chi connectivity index (χ1v) is 8.19. The first-order valence-electron chi connectivity index (χ1n) is 8.19. The zero-order chi connectivity index (χ0) is 14.1. The van der Waals surface area contributed by atoms with Crippen LogP contribution in [0, 0.1) is 23.7 Å². The lowest BCUT2D eigenvalue weighted by Gasteiger charge is -2.42. The Bertz CT molecular complexity index is 615. The van der Waals surface area contributed by atoms with Crippen molar-refractivity contribution in [2.45, 2.75) is 38.1 Å². The van der Waals surface area contributed by atoms with E-state index in [0.717, 1.165) is 24.2 Å². The quantitative estimate of drug-likeness (QED) is 0.742. The van der Waals surface area contributed by atoms with Gasteiger partial charge < -0.3 is 0 Å². The lowest BCUT2D eigenvalue weighted by atomic mass is 9.69. The van der Waals surface area contributed by atoms with Gasteiger partial charge in [-0.25, -0.2) is 0 Å². The van der Waals surface area contributed by atoms with Crippen LogP contribution in [0.2, 0.25) is 0 Å². The van der Waals surface area contributed by atoms with E-state index in [-0.39, 0.29) is 17.9 Å². The van der Waals surface area contributed by atoms with Crippen molar-refractivity contribution in [1.82, 2.24) is 4.90 Å². The molecule has 3 aliphatic carbocycles. The summed E-state index contributed by atoms with van der Waals surface area (Å²) >= 11 is 0. The van der Waals surface area contributed by atoms with Crippen LogP contribution >= 0.6 is 0 Å². The van der Waals surface area contributed by atoms with Gasteiger partial charge in [-0.05, 0) is 67.9 Å². The number of carbonyl (C=O) groups excluding carboxylic acids is 2. The molecular weight excluding hydrogens is 262 g/mol. The first-order chi connectivity index (χ1) is 10.2. The van der Waals surface area contributed by atoms with E-state index in [1.807, 2.05) is 12.1 Å². The molecule has 0 N–H and O–H groups in total. The van der Waals surface area contributed by atoms with Crippen molar-refractivity contribution in [2.75, 3.05) is 0 Å². The number of benzene rings is 1. The van der Waals surface area contributed by atoms with Crippen molar-refractivity contribution in [3.63, 3.8) is 0 Å². The zero-order valence-electron chi connectivity index (χ0n) is 12.0. The molecule has 1 heterocycles. The highest BCUT2D eigenvalue weighted by Gasteiger charge is 2.53. The average Bonchev–Trinajstić information content (AvgIpc) is 2.87. The van der Waals surface area contributed by atoms with Gasteiger partial charge in [0, 0.05) is 6.04 Å². The first kappa shape index (κ1) is 12.0. The number of nitrogens with zero attached hydrogens (tertiary/aromatic N) is 1. The third kappa shape index (κ3) is 1.49. The normalized spacial score (nSPS) is 40.0. The molecule has 21 heavy (non-hydrogen) atoms. The molecular formula is C18H19NO2. The predicted octanol–water partition coefficient (Wildman–Crippen LogP) is 3.11. The Morgan fingerprint density at radius 2 is 1.43 bits per heavy atom. The Morgan fingerprint density at radius 1 is 0.810 bits per heavy atom. The van der Waals surface area contributed by atoms with Gasteiger partial charge in [0.25, 0.3) is 11.8 Å². The van der Waals surface area contributed by atoms with Crippen LogP contribution in [0.15, 0.2) is 24.3 Å². The molecule has 5 rings (SSSR count). The maximum absolute atomic E-state index is 12.7. The Kier molecular flexibility index (Phi) is 2.26. The average molecular weight is 281 g/mol. The van der Waals surface area contributed by atoms with Crippen molar-refractivity contribution in [1.29, 1.82) is 0 Å².